The molecule has 1 heterocycles. The Morgan fingerprint density at radius 2 is 1.67 bits per heavy atom. The van der Waals surface area contributed by atoms with Gasteiger partial charge in [0.05, 0.1) is 31.3 Å². The second-order valence-electron chi connectivity index (χ2n) is 7.10. The topological polar surface area (TPSA) is 110 Å². The predicted octanol–water partition coefficient (Wildman–Crippen LogP) is 1.81. The summed E-state index contributed by atoms with van der Waals surface area (Å²) in [5.74, 6) is -0.935. The van der Waals surface area contributed by atoms with Crippen molar-refractivity contribution in [1.29, 1.82) is 0 Å². The smallest absolute Gasteiger partial charge is 0.305 e. The van der Waals surface area contributed by atoms with E-state index in [1.54, 1.807) is 0 Å². The molecule has 142 valence electrons. The van der Waals surface area contributed by atoms with Crippen molar-refractivity contribution in [3.8, 4) is 0 Å². The number of carboxylic acid groups (broad SMARTS) is 1. The number of carbonyl (C=O) groups is 1. The van der Waals surface area contributed by atoms with Crippen LogP contribution in [-0.2, 0) is 4.79 Å². The summed E-state index contributed by atoms with van der Waals surface area (Å²) in [7, 11) is 0. The minimum absolute atomic E-state index is 0.00116. The molecule has 1 rings (SSSR count). The summed E-state index contributed by atoms with van der Waals surface area (Å²) in [5, 5.41) is 40.2. The van der Waals surface area contributed by atoms with Crippen LogP contribution in [0.4, 0.5) is 0 Å². The van der Waals surface area contributed by atoms with Gasteiger partial charge in [-0.15, -0.1) is 0 Å². The van der Waals surface area contributed by atoms with Crippen molar-refractivity contribution in [1.82, 2.24) is 5.32 Å². The number of piperidine rings is 1. The lowest BCUT2D eigenvalue weighted by Gasteiger charge is -2.34. The Labute approximate surface area is 145 Å². The van der Waals surface area contributed by atoms with Crippen LogP contribution in [0.2, 0.25) is 0 Å². The zero-order chi connectivity index (χ0) is 17.8. The summed E-state index contributed by atoms with van der Waals surface area (Å²) in [4.78, 5) is 10.4. The normalized spacial score (nSPS) is 25.5. The molecule has 0 aromatic rings. The first kappa shape index (κ1) is 21.4. The van der Waals surface area contributed by atoms with E-state index in [0.29, 0.717) is 12.5 Å². The van der Waals surface area contributed by atoms with Gasteiger partial charge >= 0.3 is 5.97 Å². The van der Waals surface area contributed by atoms with Crippen molar-refractivity contribution >= 4 is 5.97 Å². The fourth-order valence-electron chi connectivity index (χ4n) is 3.43. The number of hydrogen-bond acceptors (Lipinski definition) is 5. The maximum Gasteiger partial charge on any atom is 0.305 e. The third-order valence-corrected chi connectivity index (χ3v) is 4.92. The number of unbranched alkanes of at least 4 members (excludes halogenated alkanes) is 6. The molecule has 0 radical (unpaired) electrons. The average molecular weight is 345 g/mol. The first-order valence-corrected chi connectivity index (χ1v) is 9.47. The van der Waals surface area contributed by atoms with Gasteiger partial charge in [0.2, 0.25) is 0 Å². The molecular formula is C18H35NO5. The van der Waals surface area contributed by atoms with E-state index in [4.69, 9.17) is 5.11 Å². The molecule has 0 amide bonds. The highest BCUT2D eigenvalue weighted by Crippen LogP contribution is 2.19. The second-order valence-corrected chi connectivity index (χ2v) is 7.10. The highest BCUT2D eigenvalue weighted by Gasteiger charge is 2.27. The molecule has 0 bridgehead atoms. The van der Waals surface area contributed by atoms with Crippen molar-refractivity contribution in [2.45, 2.75) is 101 Å². The van der Waals surface area contributed by atoms with Gasteiger partial charge in [0, 0.05) is 6.04 Å². The van der Waals surface area contributed by atoms with Crippen LogP contribution in [0.25, 0.3) is 0 Å². The highest BCUT2D eigenvalue weighted by molar-refractivity contribution is 5.67. The summed E-state index contributed by atoms with van der Waals surface area (Å²) in [5.41, 5.74) is 0. The Morgan fingerprint density at radius 1 is 1.04 bits per heavy atom. The van der Waals surface area contributed by atoms with Crippen molar-refractivity contribution in [2.24, 2.45) is 0 Å². The first-order chi connectivity index (χ1) is 11.5. The van der Waals surface area contributed by atoms with E-state index in [9.17, 15) is 20.1 Å². The molecule has 0 aliphatic carbocycles. The van der Waals surface area contributed by atoms with Gasteiger partial charge in [-0.3, -0.25) is 4.79 Å². The third-order valence-electron chi connectivity index (χ3n) is 4.92. The molecule has 1 aliphatic heterocycles. The number of hydrogen-bond donors (Lipinski definition) is 5. The first-order valence-electron chi connectivity index (χ1n) is 9.47. The Hall–Kier alpha value is -0.690. The van der Waals surface area contributed by atoms with E-state index in [1.807, 2.05) is 0 Å². The quantitative estimate of drug-likeness (QED) is 0.326. The Balaban J connectivity index is 1.89. The molecule has 6 nitrogen and oxygen atoms in total. The van der Waals surface area contributed by atoms with E-state index in [1.165, 1.54) is 25.7 Å². The lowest BCUT2D eigenvalue weighted by atomic mass is 9.93. The van der Waals surface area contributed by atoms with Crippen LogP contribution in [0.3, 0.4) is 0 Å². The molecule has 0 unspecified atom stereocenters. The van der Waals surface area contributed by atoms with Crippen molar-refractivity contribution in [3.63, 3.8) is 0 Å². The summed E-state index contributed by atoms with van der Waals surface area (Å²) in [6.07, 6.45) is 10.0. The largest absolute Gasteiger partial charge is 0.481 e. The van der Waals surface area contributed by atoms with Gasteiger partial charge in [0.25, 0.3) is 0 Å². The highest BCUT2D eigenvalue weighted by atomic mass is 16.4. The number of aliphatic hydroxyl groups is 3. The second kappa shape index (κ2) is 12.6. The van der Waals surface area contributed by atoms with Gasteiger partial charge in [-0.2, -0.15) is 0 Å². The number of aliphatic carboxylic acids is 1. The summed E-state index contributed by atoms with van der Waals surface area (Å²) in [6.45, 7) is -0.00116. The van der Waals surface area contributed by atoms with Crippen LogP contribution >= 0.6 is 0 Å². The number of nitrogens with one attached hydrogen (secondary N) is 1. The molecule has 0 spiro atoms. The lowest BCUT2D eigenvalue weighted by Crippen LogP contribution is -2.52. The number of aliphatic hydroxyl groups excluding tert-OH is 3. The molecule has 5 N–H and O–H groups in total. The van der Waals surface area contributed by atoms with Crippen LogP contribution < -0.4 is 5.32 Å². The van der Waals surface area contributed by atoms with Gasteiger partial charge in [0.1, 0.15) is 0 Å². The van der Waals surface area contributed by atoms with Gasteiger partial charge in [-0.05, 0) is 25.7 Å². The van der Waals surface area contributed by atoms with E-state index in [0.717, 1.165) is 38.5 Å². The maximum absolute atomic E-state index is 10.4. The van der Waals surface area contributed by atoms with E-state index < -0.39 is 18.2 Å². The van der Waals surface area contributed by atoms with Gasteiger partial charge in [0.15, 0.2) is 0 Å². The molecule has 0 aromatic heterocycles. The molecule has 1 fully saturated rings. The Morgan fingerprint density at radius 3 is 2.29 bits per heavy atom. The zero-order valence-corrected chi connectivity index (χ0v) is 14.7. The molecule has 4 atom stereocenters. The van der Waals surface area contributed by atoms with Crippen LogP contribution in [0, 0.1) is 0 Å². The molecule has 1 aliphatic rings. The monoisotopic (exact) mass is 345 g/mol. The van der Waals surface area contributed by atoms with Crippen LogP contribution in [0.1, 0.15) is 77.0 Å². The summed E-state index contributed by atoms with van der Waals surface area (Å²) < 4.78 is 0. The lowest BCUT2D eigenvalue weighted by molar-refractivity contribution is -0.139. The van der Waals surface area contributed by atoms with E-state index >= 15 is 0 Å². The van der Waals surface area contributed by atoms with Gasteiger partial charge < -0.3 is 25.7 Å². The Bertz CT molecular complexity index is 339. The zero-order valence-electron chi connectivity index (χ0n) is 14.7. The van der Waals surface area contributed by atoms with Gasteiger partial charge in [-0.25, -0.2) is 0 Å². The summed E-state index contributed by atoms with van der Waals surface area (Å²) in [6, 6.07) is 0.251. The van der Waals surface area contributed by atoms with E-state index in [-0.39, 0.29) is 19.1 Å². The standard InChI is InChI=1S/C18H35NO5/c20-13-16-17(22)11-10-14(19-16)8-6-4-2-1-3-5-7-9-15(21)12-18(23)24/h14-17,19-22H,1-13H2,(H,23,24)/t14-,15-,16+,17-/m1/s1. The fraction of sp³-hybridized carbons (Fsp3) is 0.944. The minimum atomic E-state index is -0.935. The van der Waals surface area contributed by atoms with Crippen LogP contribution in [-0.4, -0.2) is 57.3 Å². The number of rotatable bonds is 13. The average Bonchev–Trinajstić information content (AvgIpc) is 2.54. The van der Waals surface area contributed by atoms with E-state index in [2.05, 4.69) is 5.32 Å². The molecule has 0 aromatic carbocycles. The van der Waals surface area contributed by atoms with Crippen LogP contribution in [0.15, 0.2) is 0 Å². The fourth-order valence-corrected chi connectivity index (χ4v) is 3.43. The molecule has 24 heavy (non-hydrogen) atoms. The summed E-state index contributed by atoms with van der Waals surface area (Å²) >= 11 is 0. The maximum atomic E-state index is 10.4. The van der Waals surface area contributed by atoms with Gasteiger partial charge in [-0.1, -0.05) is 44.9 Å². The predicted molar refractivity (Wildman–Crippen MR) is 92.9 cm³/mol. The SMILES string of the molecule is O=C(O)C[C@H](O)CCCCCCCCC[C@@H]1CC[C@@H](O)[C@H](CO)N1. The third kappa shape index (κ3) is 9.57. The molecule has 0 saturated carbocycles. The van der Waals surface area contributed by atoms with Crippen LogP contribution in [0.5, 0.6) is 0 Å². The number of carboxylic acids is 1. The van der Waals surface area contributed by atoms with Crippen molar-refractivity contribution in [2.75, 3.05) is 6.61 Å². The molecule has 6 heteroatoms. The Kier molecular flexibility index (Phi) is 11.2. The molecular weight excluding hydrogens is 310 g/mol. The van der Waals surface area contributed by atoms with Crippen molar-refractivity contribution in [3.05, 3.63) is 0 Å². The molecule has 1 saturated heterocycles. The minimum Gasteiger partial charge on any atom is -0.481 e. The van der Waals surface area contributed by atoms with Crippen molar-refractivity contribution < 1.29 is 25.2 Å².